The molecule has 0 atom stereocenters. The first-order chi connectivity index (χ1) is 12.6. The Bertz CT molecular complexity index is 878. The second-order valence-electron chi connectivity index (χ2n) is 5.81. The molecule has 26 heavy (non-hydrogen) atoms. The van der Waals surface area contributed by atoms with Gasteiger partial charge in [0, 0.05) is 33.2 Å². The molecule has 0 aliphatic carbocycles. The average molecular weight is 403 g/mol. The van der Waals surface area contributed by atoms with Crippen molar-refractivity contribution in [3.63, 3.8) is 0 Å². The van der Waals surface area contributed by atoms with Gasteiger partial charge in [0.1, 0.15) is 0 Å². The van der Waals surface area contributed by atoms with Gasteiger partial charge < -0.3 is 5.32 Å². The van der Waals surface area contributed by atoms with Crippen molar-refractivity contribution in [3.05, 3.63) is 80.8 Å². The summed E-state index contributed by atoms with van der Waals surface area (Å²) in [4.78, 5) is 17.8. The van der Waals surface area contributed by atoms with Crippen LogP contribution < -0.4 is 5.32 Å². The summed E-state index contributed by atoms with van der Waals surface area (Å²) < 4.78 is 0. The summed E-state index contributed by atoms with van der Waals surface area (Å²) in [6.45, 7) is 2.59. The number of benzene rings is 2. The summed E-state index contributed by atoms with van der Waals surface area (Å²) in [5.41, 5.74) is 2.88. The van der Waals surface area contributed by atoms with Crippen LogP contribution in [0.1, 0.15) is 26.6 Å². The number of carbonyl (C=O) groups excluding carboxylic acids is 1. The van der Waals surface area contributed by atoms with E-state index >= 15 is 0 Å². The van der Waals surface area contributed by atoms with Crippen LogP contribution >= 0.6 is 34.7 Å². The zero-order valence-electron chi connectivity index (χ0n) is 14.4. The van der Waals surface area contributed by atoms with E-state index in [1.54, 1.807) is 23.1 Å². The second kappa shape index (κ2) is 9.21. The van der Waals surface area contributed by atoms with Crippen molar-refractivity contribution in [2.24, 2.45) is 0 Å². The number of hydrogen-bond donors (Lipinski definition) is 1. The molecule has 0 fully saturated rings. The van der Waals surface area contributed by atoms with Crippen LogP contribution in [0.2, 0.25) is 5.02 Å². The average Bonchev–Trinajstić information content (AvgIpc) is 3.06. The molecule has 0 spiro atoms. The van der Waals surface area contributed by atoms with E-state index in [1.807, 2.05) is 55.5 Å². The number of carbonyl (C=O) groups is 1. The molecular weight excluding hydrogens is 384 g/mol. The first-order valence-corrected chi connectivity index (χ1v) is 10.5. The van der Waals surface area contributed by atoms with Crippen LogP contribution in [0.25, 0.3) is 0 Å². The molecular formula is C20H19ClN2OS2. The van der Waals surface area contributed by atoms with Gasteiger partial charge in [-0.2, -0.15) is 0 Å². The molecule has 1 aromatic heterocycles. The van der Waals surface area contributed by atoms with Crippen molar-refractivity contribution in [1.82, 2.24) is 10.3 Å². The highest BCUT2D eigenvalue weighted by Crippen LogP contribution is 2.23. The number of amides is 1. The van der Waals surface area contributed by atoms with Crippen LogP contribution in [-0.4, -0.2) is 17.4 Å². The zero-order valence-corrected chi connectivity index (χ0v) is 16.8. The van der Waals surface area contributed by atoms with Crippen molar-refractivity contribution in [3.8, 4) is 0 Å². The molecule has 3 rings (SSSR count). The molecule has 1 heterocycles. The number of halogens is 1. The summed E-state index contributed by atoms with van der Waals surface area (Å²) in [6, 6.07) is 15.4. The molecule has 0 aliphatic rings. The van der Waals surface area contributed by atoms with Crippen molar-refractivity contribution >= 4 is 40.6 Å². The fraction of sp³-hybridized carbons (Fsp3) is 0.200. The number of thiazole rings is 1. The van der Waals surface area contributed by atoms with E-state index < -0.39 is 0 Å². The Kier molecular flexibility index (Phi) is 6.72. The maximum atomic E-state index is 12.2. The van der Waals surface area contributed by atoms with Gasteiger partial charge in [-0.15, -0.1) is 23.1 Å². The highest BCUT2D eigenvalue weighted by atomic mass is 35.5. The minimum atomic E-state index is -0.0568. The quantitative estimate of drug-likeness (QED) is 0.540. The van der Waals surface area contributed by atoms with E-state index in [0.29, 0.717) is 12.1 Å². The summed E-state index contributed by atoms with van der Waals surface area (Å²) in [5, 5.41) is 6.84. The van der Waals surface area contributed by atoms with Gasteiger partial charge >= 0.3 is 0 Å². The largest absolute Gasteiger partial charge is 0.352 e. The number of aromatic nitrogens is 1. The number of thioether (sulfide) groups is 1. The minimum Gasteiger partial charge on any atom is -0.352 e. The highest BCUT2D eigenvalue weighted by Gasteiger charge is 2.06. The molecule has 0 saturated carbocycles. The number of nitrogens with zero attached hydrogens (tertiary/aromatic N) is 1. The Morgan fingerprint density at radius 2 is 2.04 bits per heavy atom. The summed E-state index contributed by atoms with van der Waals surface area (Å²) >= 11 is 9.36. The van der Waals surface area contributed by atoms with Gasteiger partial charge in [0.25, 0.3) is 5.91 Å². The minimum absolute atomic E-state index is 0.0568. The normalized spacial score (nSPS) is 10.7. The Hall–Kier alpha value is -1.82. The molecule has 0 saturated heterocycles. The van der Waals surface area contributed by atoms with E-state index in [4.69, 9.17) is 11.6 Å². The molecule has 1 amide bonds. The molecule has 3 nitrogen and oxygen atoms in total. The van der Waals surface area contributed by atoms with Crippen LogP contribution in [-0.2, 0) is 12.2 Å². The lowest BCUT2D eigenvalue weighted by Crippen LogP contribution is -2.25. The van der Waals surface area contributed by atoms with Crippen LogP contribution in [0, 0.1) is 6.92 Å². The van der Waals surface area contributed by atoms with E-state index in [2.05, 4.69) is 15.7 Å². The topological polar surface area (TPSA) is 42.0 Å². The maximum Gasteiger partial charge on any atom is 0.251 e. The van der Waals surface area contributed by atoms with Gasteiger partial charge in [0.05, 0.1) is 10.7 Å². The molecule has 2 aromatic carbocycles. The van der Waals surface area contributed by atoms with Crippen molar-refractivity contribution in [2.75, 3.05) is 6.54 Å². The lowest BCUT2D eigenvalue weighted by atomic mass is 10.1. The third-order valence-corrected chi connectivity index (χ3v) is 5.86. The maximum absolute atomic E-state index is 12.2. The molecule has 6 heteroatoms. The van der Waals surface area contributed by atoms with Crippen LogP contribution in [0.5, 0.6) is 0 Å². The number of nitrogens with one attached hydrogen (secondary N) is 1. The Balaban J connectivity index is 1.47. The lowest BCUT2D eigenvalue weighted by Gasteiger charge is -2.07. The molecule has 134 valence electrons. The number of hydrogen-bond acceptors (Lipinski definition) is 4. The summed E-state index contributed by atoms with van der Waals surface area (Å²) in [6.07, 6.45) is 0.757. The third kappa shape index (κ3) is 5.59. The monoisotopic (exact) mass is 402 g/mol. The lowest BCUT2D eigenvalue weighted by molar-refractivity contribution is 0.0954. The van der Waals surface area contributed by atoms with Crippen LogP contribution in [0.3, 0.4) is 0 Å². The van der Waals surface area contributed by atoms with Crippen molar-refractivity contribution < 1.29 is 4.79 Å². The highest BCUT2D eigenvalue weighted by molar-refractivity contribution is 7.98. The summed E-state index contributed by atoms with van der Waals surface area (Å²) in [7, 11) is 0. The molecule has 3 aromatic rings. The van der Waals surface area contributed by atoms with E-state index in [9.17, 15) is 4.79 Å². The van der Waals surface area contributed by atoms with Gasteiger partial charge in [-0.05, 0) is 55.3 Å². The molecule has 0 bridgehead atoms. The van der Waals surface area contributed by atoms with Crippen LogP contribution in [0.4, 0.5) is 0 Å². The fourth-order valence-corrected chi connectivity index (χ4v) is 4.17. The van der Waals surface area contributed by atoms with Crippen molar-refractivity contribution in [1.29, 1.82) is 0 Å². The number of aryl methyl sites for hydroxylation is 1. The number of rotatable bonds is 7. The zero-order chi connectivity index (χ0) is 18.4. The third-order valence-electron chi connectivity index (χ3n) is 3.76. The Morgan fingerprint density at radius 3 is 2.73 bits per heavy atom. The first kappa shape index (κ1) is 19.0. The Morgan fingerprint density at radius 1 is 1.23 bits per heavy atom. The van der Waals surface area contributed by atoms with E-state index in [0.717, 1.165) is 38.4 Å². The van der Waals surface area contributed by atoms with E-state index in [-0.39, 0.29) is 5.91 Å². The SMILES string of the molecule is Cc1nc(CSc2ccc(C(=O)NCCc3cccc(Cl)c3)cc2)cs1. The van der Waals surface area contributed by atoms with Crippen molar-refractivity contribution in [2.45, 2.75) is 24.0 Å². The van der Waals surface area contributed by atoms with E-state index in [1.165, 1.54) is 0 Å². The van der Waals surface area contributed by atoms with Gasteiger partial charge in [0.15, 0.2) is 0 Å². The van der Waals surface area contributed by atoms with Crippen LogP contribution in [0.15, 0.2) is 58.8 Å². The van der Waals surface area contributed by atoms with Gasteiger partial charge in [-0.3, -0.25) is 4.79 Å². The molecule has 1 N–H and O–H groups in total. The Labute approximate surface area is 166 Å². The molecule has 0 radical (unpaired) electrons. The predicted molar refractivity (Wildman–Crippen MR) is 110 cm³/mol. The first-order valence-electron chi connectivity index (χ1n) is 8.27. The molecule has 0 aliphatic heterocycles. The fourth-order valence-electron chi connectivity index (χ4n) is 2.45. The summed E-state index contributed by atoms with van der Waals surface area (Å²) in [5.74, 6) is 0.786. The smallest absolute Gasteiger partial charge is 0.251 e. The van der Waals surface area contributed by atoms with Gasteiger partial charge in [-0.1, -0.05) is 23.7 Å². The van der Waals surface area contributed by atoms with Gasteiger partial charge in [0.2, 0.25) is 0 Å². The standard InChI is InChI=1S/C20H19ClN2OS2/c1-14-23-18(12-25-14)13-26-19-7-5-16(6-8-19)20(24)22-10-9-15-3-2-4-17(21)11-15/h2-8,11-12H,9-10,13H2,1H3,(H,22,24). The van der Waals surface area contributed by atoms with Gasteiger partial charge in [-0.25, -0.2) is 4.98 Å². The predicted octanol–water partition coefficient (Wildman–Crippen LogP) is 5.37. The molecule has 0 unspecified atom stereocenters. The second-order valence-corrected chi connectivity index (χ2v) is 8.35.